The lowest BCUT2D eigenvalue weighted by Crippen LogP contribution is -2.45. The minimum absolute atomic E-state index is 0.0607. The fraction of sp³-hybridized carbons (Fsp3) is 0.609. The molecule has 26 heavy (non-hydrogen) atoms. The molecule has 3 unspecified atom stereocenters. The molecule has 3 atom stereocenters. The van der Waals surface area contributed by atoms with Crippen LogP contribution in [0.4, 0.5) is 0 Å². The molecule has 0 N–H and O–H groups in total. The Kier molecular flexibility index (Phi) is 6.21. The maximum absolute atomic E-state index is 4.98. The Bertz CT molecular complexity index is 681. The minimum atomic E-state index is 0.0607. The zero-order valence-corrected chi connectivity index (χ0v) is 18.2. The predicted octanol–water partition coefficient (Wildman–Crippen LogP) is 6.50. The van der Waals surface area contributed by atoms with E-state index in [9.17, 15) is 0 Å². The number of nitrogens with zero attached hydrogens (tertiary/aromatic N) is 3. The van der Waals surface area contributed by atoms with Crippen molar-refractivity contribution in [3.8, 4) is 0 Å². The lowest BCUT2D eigenvalue weighted by Gasteiger charge is -2.43. The summed E-state index contributed by atoms with van der Waals surface area (Å²) in [7, 11) is 0. The average Bonchev–Trinajstić information content (AvgIpc) is 2.97. The summed E-state index contributed by atoms with van der Waals surface area (Å²) in [5, 5.41) is 7.24. The van der Waals surface area contributed by atoms with Crippen LogP contribution in [0.25, 0.3) is 6.08 Å². The molecule has 0 spiro atoms. The van der Waals surface area contributed by atoms with Gasteiger partial charge in [-0.25, -0.2) is 5.01 Å². The number of hydrazone groups is 1. The second kappa shape index (κ2) is 7.85. The van der Waals surface area contributed by atoms with Gasteiger partial charge >= 0.3 is 0 Å². The first-order chi connectivity index (χ1) is 12.3. The zero-order chi connectivity index (χ0) is 19.6. The van der Waals surface area contributed by atoms with Gasteiger partial charge in [-0.2, -0.15) is 5.10 Å². The van der Waals surface area contributed by atoms with Gasteiger partial charge in [0.25, 0.3) is 0 Å². The van der Waals surface area contributed by atoms with Crippen molar-refractivity contribution in [3.05, 3.63) is 41.1 Å². The summed E-state index contributed by atoms with van der Waals surface area (Å²) in [6, 6.07) is 9.23. The van der Waals surface area contributed by atoms with Crippen LogP contribution in [0.5, 0.6) is 0 Å². The van der Waals surface area contributed by atoms with Crippen LogP contribution in [0.1, 0.15) is 86.0 Å². The highest BCUT2D eigenvalue weighted by atomic mass is 15.6. The van der Waals surface area contributed by atoms with Gasteiger partial charge in [0.15, 0.2) is 6.17 Å². The molecular weight excluding hydrogens is 318 g/mol. The van der Waals surface area contributed by atoms with Crippen molar-refractivity contribution >= 4 is 11.9 Å². The van der Waals surface area contributed by atoms with Crippen molar-refractivity contribution in [2.24, 2.45) is 16.4 Å². The van der Waals surface area contributed by atoms with E-state index < -0.39 is 0 Å². The van der Waals surface area contributed by atoms with Gasteiger partial charge in [0.05, 0.1) is 0 Å². The van der Waals surface area contributed by atoms with E-state index in [1.165, 1.54) is 23.2 Å². The van der Waals surface area contributed by atoms with E-state index in [2.05, 4.69) is 88.7 Å². The first kappa shape index (κ1) is 20.5. The van der Waals surface area contributed by atoms with Gasteiger partial charge in [0.1, 0.15) is 5.84 Å². The van der Waals surface area contributed by atoms with E-state index >= 15 is 0 Å². The molecule has 0 fully saturated rings. The van der Waals surface area contributed by atoms with Crippen LogP contribution in [0.3, 0.4) is 0 Å². The van der Waals surface area contributed by atoms with Gasteiger partial charge in [-0.05, 0) is 31.4 Å². The first-order valence-electron chi connectivity index (χ1n) is 10.2. The number of amidine groups is 1. The second-order valence-electron chi connectivity index (χ2n) is 8.31. The molecular formula is C23H37N3. The maximum Gasteiger partial charge on any atom is 0.151 e. The molecule has 0 saturated carbocycles. The van der Waals surface area contributed by atoms with Crippen molar-refractivity contribution in [1.82, 2.24) is 9.91 Å². The summed E-state index contributed by atoms with van der Waals surface area (Å²) >= 11 is 0. The van der Waals surface area contributed by atoms with Gasteiger partial charge in [-0.3, -0.25) is 0 Å². The number of allylic oxidation sites excluding steroid dienone is 1. The van der Waals surface area contributed by atoms with Gasteiger partial charge in [0.2, 0.25) is 0 Å². The van der Waals surface area contributed by atoms with Crippen LogP contribution in [-0.2, 0) is 0 Å². The Labute approximate surface area is 160 Å². The molecule has 1 aromatic carbocycles. The topological polar surface area (TPSA) is 18.8 Å². The minimum Gasteiger partial charge on any atom is -0.330 e. The first-order valence-corrected chi connectivity index (χ1v) is 10.2. The number of hydrogen-bond acceptors (Lipinski definition) is 3. The summed E-state index contributed by atoms with van der Waals surface area (Å²) in [6.07, 6.45) is 3.69. The summed E-state index contributed by atoms with van der Waals surface area (Å²) in [4.78, 5) is 2.52. The molecule has 0 aliphatic carbocycles. The van der Waals surface area contributed by atoms with E-state index in [0.717, 1.165) is 5.84 Å². The van der Waals surface area contributed by atoms with Gasteiger partial charge in [-0.15, -0.1) is 0 Å². The standard InChI is InChI=1S/C21H31N3.C2H6/c1-8-14(2)15(3)23-16(4)22-24-19(21(5,6)7)13-17-11-9-10-12-18(17)20(23)24;1-2/h9-15,20H,8H2,1-7H3;1-2H3. The van der Waals surface area contributed by atoms with Crippen molar-refractivity contribution < 1.29 is 0 Å². The molecule has 3 heteroatoms. The van der Waals surface area contributed by atoms with E-state index in [4.69, 9.17) is 5.10 Å². The number of hydrogen-bond donors (Lipinski definition) is 0. The molecule has 0 radical (unpaired) electrons. The highest BCUT2D eigenvalue weighted by Crippen LogP contribution is 2.47. The van der Waals surface area contributed by atoms with Gasteiger partial charge in [0, 0.05) is 22.7 Å². The molecule has 1 aromatic rings. The fourth-order valence-corrected chi connectivity index (χ4v) is 3.81. The van der Waals surface area contributed by atoms with Gasteiger partial charge in [-0.1, -0.05) is 79.2 Å². The second-order valence-corrected chi connectivity index (χ2v) is 8.31. The van der Waals surface area contributed by atoms with E-state index in [0.29, 0.717) is 12.0 Å². The van der Waals surface area contributed by atoms with Crippen molar-refractivity contribution in [3.63, 3.8) is 0 Å². The van der Waals surface area contributed by atoms with Crippen LogP contribution >= 0.6 is 0 Å². The lowest BCUT2D eigenvalue weighted by atomic mass is 9.85. The third-order valence-corrected chi connectivity index (χ3v) is 5.61. The van der Waals surface area contributed by atoms with Gasteiger partial charge < -0.3 is 4.90 Å². The van der Waals surface area contributed by atoms with Crippen molar-refractivity contribution in [2.45, 2.75) is 80.9 Å². The molecule has 3 rings (SSSR count). The Hall–Kier alpha value is -1.77. The van der Waals surface area contributed by atoms with Crippen LogP contribution in [0.15, 0.2) is 35.1 Å². The summed E-state index contributed by atoms with van der Waals surface area (Å²) in [5.41, 5.74) is 4.05. The third kappa shape index (κ3) is 3.54. The molecule has 0 bridgehead atoms. The fourth-order valence-electron chi connectivity index (χ4n) is 3.81. The van der Waals surface area contributed by atoms with Crippen molar-refractivity contribution in [1.29, 1.82) is 0 Å². The zero-order valence-electron chi connectivity index (χ0n) is 18.2. The predicted molar refractivity (Wildman–Crippen MR) is 114 cm³/mol. The highest BCUT2D eigenvalue weighted by Gasteiger charge is 2.43. The molecule has 2 aliphatic heterocycles. The number of rotatable bonds is 3. The lowest BCUT2D eigenvalue weighted by molar-refractivity contribution is 0.0945. The van der Waals surface area contributed by atoms with E-state index in [1.54, 1.807) is 0 Å². The molecule has 2 heterocycles. The third-order valence-electron chi connectivity index (χ3n) is 5.61. The highest BCUT2D eigenvalue weighted by molar-refractivity contribution is 5.83. The summed E-state index contributed by atoms with van der Waals surface area (Å²) in [5.74, 6) is 1.76. The Balaban J connectivity index is 0.00000117. The smallest absolute Gasteiger partial charge is 0.151 e. The van der Waals surface area contributed by atoms with Crippen molar-refractivity contribution in [2.75, 3.05) is 0 Å². The Morgan fingerprint density at radius 2 is 1.73 bits per heavy atom. The molecule has 144 valence electrons. The van der Waals surface area contributed by atoms with E-state index in [-0.39, 0.29) is 11.6 Å². The summed E-state index contributed by atoms with van der Waals surface area (Å²) in [6.45, 7) is 19.9. The number of fused-ring (bicyclic) bond motifs is 3. The normalized spacial score (nSPS) is 21.0. The monoisotopic (exact) mass is 355 g/mol. The molecule has 0 saturated heterocycles. The Morgan fingerprint density at radius 1 is 1.12 bits per heavy atom. The van der Waals surface area contributed by atoms with Crippen LogP contribution in [0, 0.1) is 11.3 Å². The Morgan fingerprint density at radius 3 is 2.31 bits per heavy atom. The van der Waals surface area contributed by atoms with Crippen LogP contribution < -0.4 is 0 Å². The molecule has 2 aliphatic rings. The molecule has 0 aromatic heterocycles. The average molecular weight is 356 g/mol. The molecule has 0 amide bonds. The number of benzene rings is 1. The van der Waals surface area contributed by atoms with E-state index in [1.807, 2.05) is 13.8 Å². The van der Waals surface area contributed by atoms with Crippen LogP contribution in [-0.4, -0.2) is 21.8 Å². The largest absolute Gasteiger partial charge is 0.330 e. The maximum atomic E-state index is 4.98. The van der Waals surface area contributed by atoms with Crippen LogP contribution in [0.2, 0.25) is 0 Å². The quantitative estimate of drug-likeness (QED) is 0.616. The molecule has 3 nitrogen and oxygen atoms in total. The summed E-state index contributed by atoms with van der Waals surface area (Å²) < 4.78 is 0. The SMILES string of the molecule is CC.CCC(C)C(C)N1C(C)=NN2C(C(C)(C)C)=Cc3ccccc3C21.